The summed E-state index contributed by atoms with van der Waals surface area (Å²) in [5.74, 6) is -2.07. The molecule has 0 aliphatic carbocycles. The van der Waals surface area contributed by atoms with Crippen molar-refractivity contribution in [3.8, 4) is 0 Å². The molecule has 150 valence electrons. The number of amides is 1. The van der Waals surface area contributed by atoms with Gasteiger partial charge in [-0.15, -0.1) is 0 Å². The van der Waals surface area contributed by atoms with Gasteiger partial charge in [-0.05, 0) is 40.5 Å². The van der Waals surface area contributed by atoms with Crippen molar-refractivity contribution in [3.63, 3.8) is 0 Å². The Kier molecular flexibility index (Phi) is 6.66. The van der Waals surface area contributed by atoms with Crippen LogP contribution in [-0.2, 0) is 24.7 Å². The van der Waals surface area contributed by atoms with Gasteiger partial charge in [0, 0.05) is 17.1 Å². The van der Waals surface area contributed by atoms with Crippen LogP contribution in [0.15, 0.2) is 27.6 Å². The highest BCUT2D eigenvalue weighted by molar-refractivity contribution is 9.10. The van der Waals surface area contributed by atoms with Crippen LogP contribution in [0.4, 0.5) is 0 Å². The second-order valence-corrected chi connectivity index (χ2v) is 11.1. The average molecular weight is 483 g/mol. The summed E-state index contributed by atoms with van der Waals surface area (Å²) in [6, 6.07) is 3.05. The number of sulfone groups is 1. The van der Waals surface area contributed by atoms with Crippen LogP contribution in [0.1, 0.15) is 23.7 Å². The van der Waals surface area contributed by atoms with Gasteiger partial charge in [0.15, 0.2) is 9.84 Å². The summed E-state index contributed by atoms with van der Waals surface area (Å²) in [4.78, 5) is 23.1. The molecule has 1 unspecified atom stereocenters. The van der Waals surface area contributed by atoms with Crippen molar-refractivity contribution in [2.75, 3.05) is 24.6 Å². The first-order chi connectivity index (χ1) is 12.5. The van der Waals surface area contributed by atoms with Crippen LogP contribution < -0.4 is 5.32 Å². The Balaban J connectivity index is 2.17. The zero-order valence-corrected chi connectivity index (χ0v) is 17.6. The van der Waals surface area contributed by atoms with Crippen LogP contribution >= 0.6 is 15.9 Å². The molecular weight excluding hydrogens is 464 g/mol. The number of rotatable bonds is 7. The van der Waals surface area contributed by atoms with Crippen molar-refractivity contribution in [3.05, 3.63) is 28.2 Å². The number of hydrogen-bond donors (Lipinski definition) is 2. The fourth-order valence-electron chi connectivity index (χ4n) is 2.69. The molecule has 1 aliphatic rings. The van der Waals surface area contributed by atoms with E-state index >= 15 is 0 Å². The summed E-state index contributed by atoms with van der Waals surface area (Å²) in [7, 11) is -7.28. The van der Waals surface area contributed by atoms with E-state index in [2.05, 4.69) is 21.2 Å². The third-order valence-corrected chi connectivity index (χ3v) is 8.45. The van der Waals surface area contributed by atoms with Crippen molar-refractivity contribution in [2.24, 2.45) is 0 Å². The number of sulfonamides is 1. The van der Waals surface area contributed by atoms with Gasteiger partial charge in [-0.1, -0.05) is 6.92 Å². The van der Waals surface area contributed by atoms with E-state index in [9.17, 15) is 26.4 Å². The molecule has 0 bridgehead atoms. The topological polar surface area (TPSA) is 138 Å². The van der Waals surface area contributed by atoms with E-state index in [-0.39, 0.29) is 33.0 Å². The van der Waals surface area contributed by atoms with Gasteiger partial charge in [0.05, 0.1) is 28.5 Å². The summed E-state index contributed by atoms with van der Waals surface area (Å²) >= 11 is 3.05. The van der Waals surface area contributed by atoms with Crippen molar-refractivity contribution >= 4 is 47.7 Å². The molecule has 1 heterocycles. The van der Waals surface area contributed by atoms with Gasteiger partial charge >= 0.3 is 5.97 Å². The molecule has 0 saturated carbocycles. The van der Waals surface area contributed by atoms with Gasteiger partial charge in [0.25, 0.3) is 0 Å². The molecule has 1 aliphatic heterocycles. The van der Waals surface area contributed by atoms with Gasteiger partial charge in [0.1, 0.15) is 0 Å². The van der Waals surface area contributed by atoms with Crippen molar-refractivity contribution in [2.45, 2.75) is 24.3 Å². The van der Waals surface area contributed by atoms with E-state index in [4.69, 9.17) is 5.11 Å². The Bertz CT molecular complexity index is 960. The fraction of sp³-hybridized carbons (Fsp3) is 0.467. The van der Waals surface area contributed by atoms with E-state index in [0.717, 1.165) is 10.4 Å². The molecule has 2 N–H and O–H groups in total. The average Bonchev–Trinajstić information content (AvgIpc) is 2.90. The molecule has 1 atom stereocenters. The van der Waals surface area contributed by atoms with Gasteiger partial charge in [-0.2, -0.15) is 4.31 Å². The Labute approximate surface area is 165 Å². The van der Waals surface area contributed by atoms with Gasteiger partial charge in [0.2, 0.25) is 15.9 Å². The molecule has 0 aromatic heterocycles. The summed E-state index contributed by atoms with van der Waals surface area (Å²) in [5, 5.41) is 11.7. The lowest BCUT2D eigenvalue weighted by atomic mass is 10.2. The molecule has 1 aromatic carbocycles. The maximum absolute atomic E-state index is 12.8. The van der Waals surface area contributed by atoms with Crippen molar-refractivity contribution < 1.29 is 31.5 Å². The first-order valence-electron chi connectivity index (χ1n) is 7.99. The molecule has 1 saturated heterocycles. The predicted molar refractivity (Wildman–Crippen MR) is 101 cm³/mol. The SMILES string of the molecule is CCN(CC(=O)NC1CCS(=O)(=O)C1)S(=O)(=O)c1ccc(Br)c(C(=O)O)c1. The number of hydrogen-bond acceptors (Lipinski definition) is 6. The lowest BCUT2D eigenvalue weighted by Gasteiger charge is -2.21. The molecule has 9 nitrogen and oxygen atoms in total. The van der Waals surface area contributed by atoms with Crippen LogP contribution in [-0.4, -0.2) is 68.8 Å². The monoisotopic (exact) mass is 482 g/mol. The summed E-state index contributed by atoms with van der Waals surface area (Å²) < 4.78 is 49.6. The van der Waals surface area contributed by atoms with Crippen LogP contribution in [0.2, 0.25) is 0 Å². The largest absolute Gasteiger partial charge is 0.478 e. The standard InChI is InChI=1S/C15H19BrN2O7S2/c1-2-18(8-14(19)17-10-5-6-26(22,23)9-10)27(24,25)11-3-4-13(16)12(7-11)15(20)21/h3-4,7,10H,2,5-6,8-9H2,1H3,(H,17,19)(H,20,21). The minimum atomic E-state index is -4.11. The number of halogens is 1. The molecule has 12 heteroatoms. The van der Waals surface area contributed by atoms with Crippen LogP contribution in [0.25, 0.3) is 0 Å². The second kappa shape index (κ2) is 8.25. The number of nitrogens with zero attached hydrogens (tertiary/aromatic N) is 1. The molecule has 0 spiro atoms. The minimum absolute atomic E-state index is 0.00933. The van der Waals surface area contributed by atoms with Crippen molar-refractivity contribution in [1.82, 2.24) is 9.62 Å². The molecule has 27 heavy (non-hydrogen) atoms. The van der Waals surface area contributed by atoms with Crippen LogP contribution in [0.5, 0.6) is 0 Å². The zero-order valence-electron chi connectivity index (χ0n) is 14.4. The first kappa shape index (κ1) is 21.8. The normalized spacial score (nSPS) is 19.1. The predicted octanol–water partition coefficient (Wildman–Crippen LogP) is 0.461. The maximum Gasteiger partial charge on any atom is 0.336 e. The quantitative estimate of drug-likeness (QED) is 0.575. The summed E-state index contributed by atoms with van der Waals surface area (Å²) in [5.41, 5.74) is -0.215. The smallest absolute Gasteiger partial charge is 0.336 e. The molecule has 1 amide bonds. The lowest BCUT2D eigenvalue weighted by Crippen LogP contribution is -2.44. The molecule has 1 aromatic rings. The van der Waals surface area contributed by atoms with Gasteiger partial charge in [-0.25, -0.2) is 21.6 Å². The molecule has 1 fully saturated rings. The lowest BCUT2D eigenvalue weighted by molar-refractivity contribution is -0.121. The highest BCUT2D eigenvalue weighted by Crippen LogP contribution is 2.23. The van der Waals surface area contributed by atoms with Crippen LogP contribution in [0, 0.1) is 0 Å². The van der Waals surface area contributed by atoms with E-state index in [1.54, 1.807) is 6.92 Å². The van der Waals surface area contributed by atoms with Crippen molar-refractivity contribution in [1.29, 1.82) is 0 Å². The highest BCUT2D eigenvalue weighted by atomic mass is 79.9. The number of carbonyl (C=O) groups is 2. The number of likely N-dealkylation sites (N-methyl/N-ethyl adjacent to an activating group) is 1. The third kappa shape index (κ3) is 5.27. The van der Waals surface area contributed by atoms with E-state index in [0.29, 0.717) is 6.42 Å². The van der Waals surface area contributed by atoms with E-state index in [1.165, 1.54) is 12.1 Å². The highest BCUT2D eigenvalue weighted by Gasteiger charge is 2.31. The second-order valence-electron chi connectivity index (χ2n) is 6.05. The number of carboxylic acid groups (broad SMARTS) is 1. The number of nitrogens with one attached hydrogen (secondary N) is 1. The fourth-order valence-corrected chi connectivity index (χ4v) is 6.21. The van der Waals surface area contributed by atoms with E-state index < -0.39 is 44.3 Å². The molecule has 2 rings (SSSR count). The molecular formula is C15H19BrN2O7S2. The number of aromatic carboxylic acids is 1. The summed E-state index contributed by atoms with van der Waals surface area (Å²) in [6.07, 6.45) is 0.293. The minimum Gasteiger partial charge on any atom is -0.478 e. The number of benzene rings is 1. The Hall–Kier alpha value is -1.50. The molecule has 0 radical (unpaired) electrons. The number of carbonyl (C=O) groups excluding carboxylic acids is 1. The first-order valence-corrected chi connectivity index (χ1v) is 12.0. The summed E-state index contributed by atoms with van der Waals surface area (Å²) in [6.45, 7) is 1.03. The Morgan fingerprint density at radius 3 is 2.56 bits per heavy atom. The zero-order chi connectivity index (χ0) is 20.4. The third-order valence-electron chi connectivity index (χ3n) is 4.08. The van der Waals surface area contributed by atoms with Crippen LogP contribution in [0.3, 0.4) is 0 Å². The van der Waals surface area contributed by atoms with E-state index in [1.807, 2.05) is 0 Å². The maximum atomic E-state index is 12.8. The Morgan fingerprint density at radius 2 is 2.04 bits per heavy atom. The van der Waals surface area contributed by atoms with Gasteiger partial charge in [-0.3, -0.25) is 4.79 Å². The Morgan fingerprint density at radius 1 is 1.37 bits per heavy atom. The van der Waals surface area contributed by atoms with Gasteiger partial charge < -0.3 is 10.4 Å². The number of carboxylic acids is 1.